The van der Waals surface area contributed by atoms with Crippen molar-refractivity contribution in [1.29, 1.82) is 0 Å². The third kappa shape index (κ3) is 3.10. The SMILES string of the molecule is Cc1cc(C)n2nc(SC(C)c3nc(-c4cccnc4)no3)nc2n1. The number of hydrogen-bond donors (Lipinski definition) is 0. The van der Waals surface area contributed by atoms with E-state index in [-0.39, 0.29) is 5.25 Å². The van der Waals surface area contributed by atoms with Crippen LogP contribution in [-0.4, -0.2) is 34.7 Å². The molecule has 4 heterocycles. The number of rotatable bonds is 4. The van der Waals surface area contributed by atoms with Crippen LogP contribution in [0.1, 0.15) is 29.5 Å². The first-order valence-corrected chi connectivity index (χ1v) is 8.60. The Kier molecular flexibility index (Phi) is 3.92. The van der Waals surface area contributed by atoms with Gasteiger partial charge in [-0.05, 0) is 39.0 Å². The van der Waals surface area contributed by atoms with Gasteiger partial charge in [0.25, 0.3) is 5.78 Å². The summed E-state index contributed by atoms with van der Waals surface area (Å²) in [5.41, 5.74) is 2.72. The van der Waals surface area contributed by atoms with Crippen molar-refractivity contribution in [2.45, 2.75) is 31.2 Å². The van der Waals surface area contributed by atoms with E-state index in [1.165, 1.54) is 11.8 Å². The van der Waals surface area contributed by atoms with E-state index in [2.05, 4.69) is 30.2 Å². The van der Waals surface area contributed by atoms with Gasteiger partial charge in [-0.2, -0.15) is 9.97 Å². The van der Waals surface area contributed by atoms with Crippen molar-refractivity contribution in [3.63, 3.8) is 0 Å². The molecule has 0 aliphatic rings. The van der Waals surface area contributed by atoms with Gasteiger partial charge in [-0.1, -0.05) is 16.9 Å². The Balaban J connectivity index is 1.57. The fourth-order valence-electron chi connectivity index (χ4n) is 2.42. The molecule has 0 aliphatic carbocycles. The normalized spacial score (nSPS) is 12.6. The van der Waals surface area contributed by atoms with Gasteiger partial charge in [0.1, 0.15) is 0 Å². The molecule has 0 fully saturated rings. The van der Waals surface area contributed by atoms with E-state index in [4.69, 9.17) is 4.52 Å². The van der Waals surface area contributed by atoms with Crippen LogP contribution in [0.3, 0.4) is 0 Å². The monoisotopic (exact) mass is 353 g/mol. The molecule has 126 valence electrons. The molecule has 1 atom stereocenters. The number of aryl methyl sites for hydroxylation is 2. The summed E-state index contributed by atoms with van der Waals surface area (Å²) in [5.74, 6) is 1.63. The first kappa shape index (κ1) is 15.7. The lowest BCUT2D eigenvalue weighted by Gasteiger charge is -2.01. The van der Waals surface area contributed by atoms with Crippen LogP contribution in [0.4, 0.5) is 0 Å². The molecule has 0 saturated carbocycles. The van der Waals surface area contributed by atoms with E-state index in [1.54, 1.807) is 16.9 Å². The molecular formula is C16H15N7OS. The van der Waals surface area contributed by atoms with Gasteiger partial charge in [0.05, 0.1) is 5.25 Å². The molecule has 8 nitrogen and oxygen atoms in total. The summed E-state index contributed by atoms with van der Waals surface area (Å²) in [5, 5.41) is 9.04. The van der Waals surface area contributed by atoms with Gasteiger partial charge in [-0.25, -0.2) is 9.50 Å². The van der Waals surface area contributed by atoms with Crippen LogP contribution in [0.2, 0.25) is 0 Å². The van der Waals surface area contributed by atoms with Crippen LogP contribution in [-0.2, 0) is 0 Å². The topological polar surface area (TPSA) is 94.9 Å². The van der Waals surface area contributed by atoms with E-state index in [0.717, 1.165) is 17.0 Å². The lowest BCUT2D eigenvalue weighted by Crippen LogP contribution is -1.97. The maximum atomic E-state index is 5.38. The van der Waals surface area contributed by atoms with Gasteiger partial charge in [0.15, 0.2) is 0 Å². The molecule has 1 unspecified atom stereocenters. The number of thioether (sulfide) groups is 1. The molecule has 0 saturated heterocycles. The predicted molar refractivity (Wildman–Crippen MR) is 92.1 cm³/mol. The van der Waals surface area contributed by atoms with Crippen molar-refractivity contribution in [1.82, 2.24) is 34.7 Å². The Bertz CT molecular complexity index is 1030. The zero-order valence-corrected chi connectivity index (χ0v) is 14.7. The van der Waals surface area contributed by atoms with E-state index in [1.807, 2.05) is 39.0 Å². The number of hydrogen-bond acceptors (Lipinski definition) is 8. The van der Waals surface area contributed by atoms with Gasteiger partial charge in [0.2, 0.25) is 16.9 Å². The highest BCUT2D eigenvalue weighted by Crippen LogP contribution is 2.32. The third-order valence-electron chi connectivity index (χ3n) is 3.59. The number of pyridine rings is 1. The summed E-state index contributed by atoms with van der Waals surface area (Å²) in [6.45, 7) is 5.89. The quantitative estimate of drug-likeness (QED) is 0.517. The van der Waals surface area contributed by atoms with E-state index in [9.17, 15) is 0 Å². The molecule has 0 bridgehead atoms. The summed E-state index contributed by atoms with van der Waals surface area (Å²) in [6, 6.07) is 5.69. The Labute approximate surface area is 147 Å². The van der Waals surface area contributed by atoms with Crippen molar-refractivity contribution >= 4 is 17.5 Å². The van der Waals surface area contributed by atoms with Crippen molar-refractivity contribution in [2.75, 3.05) is 0 Å². The molecule has 4 rings (SSSR count). The van der Waals surface area contributed by atoms with Gasteiger partial charge in [-0.3, -0.25) is 4.98 Å². The van der Waals surface area contributed by atoms with Crippen LogP contribution in [0.25, 0.3) is 17.2 Å². The first-order valence-electron chi connectivity index (χ1n) is 7.72. The molecule has 0 radical (unpaired) electrons. The minimum atomic E-state index is -0.0864. The zero-order chi connectivity index (χ0) is 17.4. The van der Waals surface area contributed by atoms with E-state index in [0.29, 0.717) is 22.6 Å². The second-order valence-corrected chi connectivity index (χ2v) is 6.91. The second kappa shape index (κ2) is 6.25. The molecule has 0 aliphatic heterocycles. The van der Waals surface area contributed by atoms with E-state index >= 15 is 0 Å². The van der Waals surface area contributed by atoms with Crippen LogP contribution in [0, 0.1) is 13.8 Å². The highest BCUT2D eigenvalue weighted by atomic mass is 32.2. The Morgan fingerprint density at radius 2 is 2.08 bits per heavy atom. The fraction of sp³-hybridized carbons (Fsp3) is 0.250. The summed E-state index contributed by atoms with van der Waals surface area (Å²) >= 11 is 1.45. The average Bonchev–Trinajstić information content (AvgIpc) is 3.22. The van der Waals surface area contributed by atoms with Gasteiger partial charge in [0, 0.05) is 29.3 Å². The molecule has 4 aromatic heterocycles. The Morgan fingerprint density at radius 3 is 2.88 bits per heavy atom. The summed E-state index contributed by atoms with van der Waals surface area (Å²) in [4.78, 5) is 17.4. The van der Waals surface area contributed by atoms with Crippen LogP contribution in [0.15, 0.2) is 40.3 Å². The summed E-state index contributed by atoms with van der Waals surface area (Å²) in [7, 11) is 0. The number of fused-ring (bicyclic) bond motifs is 1. The highest BCUT2D eigenvalue weighted by molar-refractivity contribution is 7.99. The van der Waals surface area contributed by atoms with Gasteiger partial charge in [-0.15, -0.1) is 5.10 Å². The van der Waals surface area contributed by atoms with Crippen LogP contribution in [0.5, 0.6) is 0 Å². The second-order valence-electron chi connectivity index (χ2n) is 5.60. The van der Waals surface area contributed by atoms with Crippen molar-refractivity contribution in [3.05, 3.63) is 47.9 Å². The van der Waals surface area contributed by atoms with Crippen LogP contribution < -0.4 is 0 Å². The largest absolute Gasteiger partial charge is 0.338 e. The van der Waals surface area contributed by atoms with Crippen LogP contribution >= 0.6 is 11.8 Å². The molecule has 9 heteroatoms. The molecule has 0 aromatic carbocycles. The molecular weight excluding hydrogens is 338 g/mol. The lowest BCUT2D eigenvalue weighted by molar-refractivity contribution is 0.380. The molecule has 0 spiro atoms. The Hall–Kier alpha value is -2.81. The zero-order valence-electron chi connectivity index (χ0n) is 13.9. The predicted octanol–water partition coefficient (Wildman–Crippen LogP) is 3.04. The molecule has 4 aromatic rings. The smallest absolute Gasteiger partial charge is 0.253 e. The van der Waals surface area contributed by atoms with E-state index < -0.39 is 0 Å². The Morgan fingerprint density at radius 1 is 1.20 bits per heavy atom. The molecule has 0 amide bonds. The minimum absolute atomic E-state index is 0.0864. The maximum Gasteiger partial charge on any atom is 0.253 e. The van der Waals surface area contributed by atoms with Crippen molar-refractivity contribution < 1.29 is 4.52 Å². The first-order chi connectivity index (χ1) is 12.1. The van der Waals surface area contributed by atoms with Crippen molar-refractivity contribution in [3.8, 4) is 11.4 Å². The lowest BCUT2D eigenvalue weighted by atomic mass is 10.3. The molecule has 0 N–H and O–H groups in total. The molecule has 25 heavy (non-hydrogen) atoms. The van der Waals surface area contributed by atoms with Crippen molar-refractivity contribution in [2.24, 2.45) is 0 Å². The minimum Gasteiger partial charge on any atom is -0.338 e. The standard InChI is InChI=1S/C16H15N7OS/c1-9-7-10(2)23-15(18-9)20-16(21-23)25-11(3)14-19-13(22-24-14)12-5-4-6-17-8-12/h4-8,11H,1-3H3. The number of aromatic nitrogens is 7. The summed E-state index contributed by atoms with van der Waals surface area (Å²) < 4.78 is 7.12. The average molecular weight is 353 g/mol. The third-order valence-corrected chi connectivity index (χ3v) is 4.53. The highest BCUT2D eigenvalue weighted by Gasteiger charge is 2.19. The number of nitrogens with zero attached hydrogens (tertiary/aromatic N) is 7. The van der Waals surface area contributed by atoms with Gasteiger partial charge >= 0.3 is 0 Å². The summed E-state index contributed by atoms with van der Waals surface area (Å²) in [6.07, 6.45) is 3.41. The maximum absolute atomic E-state index is 5.38. The fourth-order valence-corrected chi connectivity index (χ4v) is 3.19. The van der Waals surface area contributed by atoms with Gasteiger partial charge < -0.3 is 4.52 Å².